The van der Waals surface area contributed by atoms with E-state index < -0.39 is 9.84 Å². The Morgan fingerprint density at radius 1 is 1.50 bits per heavy atom. The first-order valence-electron chi connectivity index (χ1n) is 5.26. The summed E-state index contributed by atoms with van der Waals surface area (Å²) < 4.78 is 22.3. The van der Waals surface area contributed by atoms with E-state index in [1.165, 1.54) is 0 Å². The van der Waals surface area contributed by atoms with E-state index in [1.807, 2.05) is 0 Å². The third kappa shape index (κ3) is 5.14. The molecule has 5 nitrogen and oxygen atoms in total. The van der Waals surface area contributed by atoms with Crippen LogP contribution in [0.1, 0.15) is 19.8 Å². The van der Waals surface area contributed by atoms with Crippen LogP contribution in [0.15, 0.2) is 0 Å². The first-order valence-corrected chi connectivity index (χ1v) is 7.09. The van der Waals surface area contributed by atoms with E-state index in [-0.39, 0.29) is 42.4 Å². The molecule has 1 fully saturated rings. The molecule has 0 spiro atoms. The molecule has 0 aliphatic carbocycles. The lowest BCUT2D eigenvalue weighted by atomic mass is 10.2. The highest BCUT2D eigenvalue weighted by atomic mass is 35.5. The van der Waals surface area contributed by atoms with Gasteiger partial charge in [0.15, 0.2) is 9.84 Å². The Morgan fingerprint density at radius 3 is 2.69 bits per heavy atom. The topological polar surface area (TPSA) is 75.3 Å². The van der Waals surface area contributed by atoms with E-state index in [9.17, 15) is 13.2 Å². The van der Waals surface area contributed by atoms with Gasteiger partial charge in [-0.05, 0) is 19.4 Å². The van der Waals surface area contributed by atoms with Gasteiger partial charge in [0.2, 0.25) is 5.91 Å². The molecular weight excluding hydrogens is 252 g/mol. The summed E-state index contributed by atoms with van der Waals surface area (Å²) in [6.45, 7) is 2.69. The van der Waals surface area contributed by atoms with E-state index in [4.69, 9.17) is 0 Å². The first kappa shape index (κ1) is 15.7. The Bertz CT molecular complexity index is 313. The highest BCUT2D eigenvalue weighted by molar-refractivity contribution is 7.91. The Labute approximate surface area is 103 Å². The van der Waals surface area contributed by atoms with Gasteiger partial charge in [0.05, 0.1) is 11.8 Å². The van der Waals surface area contributed by atoms with Crippen molar-refractivity contribution in [2.75, 3.05) is 24.6 Å². The molecule has 0 saturated carbocycles. The van der Waals surface area contributed by atoms with Crippen LogP contribution in [0.2, 0.25) is 0 Å². The van der Waals surface area contributed by atoms with Crippen LogP contribution >= 0.6 is 12.4 Å². The van der Waals surface area contributed by atoms with Gasteiger partial charge in [-0.3, -0.25) is 4.79 Å². The lowest BCUT2D eigenvalue weighted by molar-refractivity contribution is -0.122. The molecule has 96 valence electrons. The van der Waals surface area contributed by atoms with Crippen LogP contribution in [0.3, 0.4) is 0 Å². The molecule has 2 N–H and O–H groups in total. The summed E-state index contributed by atoms with van der Waals surface area (Å²) in [6, 6.07) is -0.130. The minimum atomic E-state index is -2.97. The van der Waals surface area contributed by atoms with Gasteiger partial charge in [-0.15, -0.1) is 12.4 Å². The fourth-order valence-electron chi connectivity index (χ4n) is 1.51. The van der Waals surface area contributed by atoms with Gasteiger partial charge < -0.3 is 10.6 Å². The molecule has 1 rings (SSSR count). The summed E-state index contributed by atoms with van der Waals surface area (Å²) in [5, 5.41) is 5.69. The van der Waals surface area contributed by atoms with Gasteiger partial charge in [-0.1, -0.05) is 6.92 Å². The van der Waals surface area contributed by atoms with Gasteiger partial charge in [-0.25, -0.2) is 8.42 Å². The summed E-state index contributed by atoms with van der Waals surface area (Å²) in [6.07, 6.45) is 1.84. The van der Waals surface area contributed by atoms with Crippen molar-refractivity contribution in [3.8, 4) is 0 Å². The van der Waals surface area contributed by atoms with Crippen molar-refractivity contribution in [1.29, 1.82) is 0 Å². The smallest absolute Gasteiger partial charge is 0.237 e. The van der Waals surface area contributed by atoms with Crippen LogP contribution < -0.4 is 10.6 Å². The van der Waals surface area contributed by atoms with Gasteiger partial charge in [0.1, 0.15) is 0 Å². The summed E-state index contributed by atoms with van der Waals surface area (Å²) in [4.78, 5) is 11.5. The summed E-state index contributed by atoms with van der Waals surface area (Å²) >= 11 is 0. The van der Waals surface area contributed by atoms with Crippen LogP contribution in [0.25, 0.3) is 0 Å². The van der Waals surface area contributed by atoms with Crippen molar-refractivity contribution in [3.05, 3.63) is 0 Å². The SMILES string of the molecule is CCS(=O)(=O)CCNC(=O)C1CCCN1.Cl. The molecule has 0 bridgehead atoms. The van der Waals surface area contributed by atoms with Crippen LogP contribution in [-0.2, 0) is 14.6 Å². The molecule has 1 amide bonds. The molecular formula is C9H19ClN2O3S. The lowest BCUT2D eigenvalue weighted by Crippen LogP contribution is -2.42. The minimum Gasteiger partial charge on any atom is -0.354 e. The molecule has 0 aromatic heterocycles. The molecule has 0 aromatic rings. The van der Waals surface area contributed by atoms with Crippen molar-refractivity contribution in [2.24, 2.45) is 0 Å². The van der Waals surface area contributed by atoms with E-state index in [0.29, 0.717) is 0 Å². The highest BCUT2D eigenvalue weighted by Gasteiger charge is 2.21. The Kier molecular flexibility index (Phi) is 6.94. The summed E-state index contributed by atoms with van der Waals surface area (Å²) in [5.74, 6) is 0.0748. The van der Waals surface area contributed by atoms with E-state index >= 15 is 0 Å². The Hall–Kier alpha value is -0.330. The van der Waals surface area contributed by atoms with E-state index in [0.717, 1.165) is 19.4 Å². The number of sulfone groups is 1. The standard InChI is InChI=1S/C9H18N2O3S.ClH/c1-2-15(13,14)7-6-11-9(12)8-4-3-5-10-8;/h8,10H,2-7H2,1H3,(H,11,12);1H. The third-order valence-electron chi connectivity index (χ3n) is 2.53. The summed E-state index contributed by atoms with van der Waals surface area (Å²) in [7, 11) is -2.97. The Morgan fingerprint density at radius 2 is 2.19 bits per heavy atom. The van der Waals surface area contributed by atoms with E-state index in [2.05, 4.69) is 10.6 Å². The lowest BCUT2D eigenvalue weighted by Gasteiger charge is -2.10. The monoisotopic (exact) mass is 270 g/mol. The number of hydrogen-bond acceptors (Lipinski definition) is 4. The van der Waals surface area contributed by atoms with Gasteiger partial charge in [0, 0.05) is 12.3 Å². The molecule has 0 aromatic carbocycles. The minimum absolute atomic E-state index is 0. The molecule has 1 saturated heterocycles. The van der Waals surface area contributed by atoms with Crippen molar-refractivity contribution >= 4 is 28.2 Å². The van der Waals surface area contributed by atoms with Crippen LogP contribution in [0.4, 0.5) is 0 Å². The second kappa shape index (κ2) is 7.09. The molecule has 1 aliphatic rings. The molecule has 7 heteroatoms. The molecule has 0 radical (unpaired) electrons. The zero-order chi connectivity index (χ0) is 11.3. The number of amides is 1. The number of halogens is 1. The number of carbonyl (C=O) groups is 1. The maximum absolute atomic E-state index is 11.5. The van der Waals surface area contributed by atoms with Crippen molar-refractivity contribution in [1.82, 2.24) is 10.6 Å². The predicted octanol–water partition coefficient (Wildman–Crippen LogP) is -0.289. The summed E-state index contributed by atoms with van der Waals surface area (Å²) in [5.41, 5.74) is 0. The molecule has 1 aliphatic heterocycles. The number of nitrogens with one attached hydrogen (secondary N) is 2. The van der Waals surface area contributed by atoms with Gasteiger partial charge in [-0.2, -0.15) is 0 Å². The maximum Gasteiger partial charge on any atom is 0.237 e. The van der Waals surface area contributed by atoms with Crippen molar-refractivity contribution < 1.29 is 13.2 Å². The average molecular weight is 271 g/mol. The van der Waals surface area contributed by atoms with Crippen LogP contribution in [-0.4, -0.2) is 45.0 Å². The van der Waals surface area contributed by atoms with E-state index in [1.54, 1.807) is 6.92 Å². The fraction of sp³-hybridized carbons (Fsp3) is 0.889. The largest absolute Gasteiger partial charge is 0.354 e. The van der Waals surface area contributed by atoms with Crippen molar-refractivity contribution in [2.45, 2.75) is 25.8 Å². The Balaban J connectivity index is 0.00000225. The molecule has 1 unspecified atom stereocenters. The van der Waals surface area contributed by atoms with Crippen LogP contribution in [0, 0.1) is 0 Å². The predicted molar refractivity (Wildman–Crippen MR) is 65.6 cm³/mol. The number of rotatable bonds is 5. The zero-order valence-corrected chi connectivity index (χ0v) is 11.0. The number of hydrogen-bond donors (Lipinski definition) is 2. The third-order valence-corrected chi connectivity index (χ3v) is 4.23. The van der Waals surface area contributed by atoms with Gasteiger partial charge in [0.25, 0.3) is 0 Å². The quantitative estimate of drug-likeness (QED) is 0.720. The first-order chi connectivity index (χ1) is 7.05. The second-order valence-corrected chi connectivity index (χ2v) is 6.15. The highest BCUT2D eigenvalue weighted by Crippen LogP contribution is 2.04. The molecule has 16 heavy (non-hydrogen) atoms. The number of carbonyl (C=O) groups excluding carboxylic acids is 1. The molecule has 1 heterocycles. The zero-order valence-electron chi connectivity index (χ0n) is 9.36. The maximum atomic E-state index is 11.5. The molecule has 1 atom stereocenters. The van der Waals surface area contributed by atoms with Crippen molar-refractivity contribution in [3.63, 3.8) is 0 Å². The second-order valence-electron chi connectivity index (χ2n) is 3.68. The fourth-order valence-corrected chi connectivity index (χ4v) is 2.21. The van der Waals surface area contributed by atoms with Gasteiger partial charge >= 0.3 is 0 Å². The average Bonchev–Trinajstić information content (AvgIpc) is 2.70. The normalized spacial score (nSPS) is 20.2. The van der Waals surface area contributed by atoms with Crippen LogP contribution in [0.5, 0.6) is 0 Å².